The molecule has 0 saturated carbocycles. The number of imide groups is 1. The number of hydrogen-bond donors (Lipinski definition) is 2. The third-order valence-electron chi connectivity index (χ3n) is 3.05. The summed E-state index contributed by atoms with van der Waals surface area (Å²) in [5, 5.41) is 5.77. The summed E-state index contributed by atoms with van der Waals surface area (Å²) < 4.78 is 4.66. The normalized spacial score (nSPS) is 9.83. The number of alkyl carbamates (subject to hydrolysis) is 1. The molecule has 0 saturated heterocycles. The van der Waals surface area contributed by atoms with Crippen LogP contribution in [0.1, 0.15) is 19.4 Å². The van der Waals surface area contributed by atoms with Crippen LogP contribution in [0.3, 0.4) is 0 Å². The summed E-state index contributed by atoms with van der Waals surface area (Å²) in [5.74, 6) is -0.447. The number of nitrogens with zero attached hydrogens (tertiary/aromatic N) is 1. The Morgan fingerprint density at radius 2 is 1.91 bits per heavy atom. The molecule has 2 amide bonds. The quantitative estimate of drug-likeness (QED) is 0.738. The molecule has 0 radical (unpaired) electrons. The molecule has 0 atom stereocenters. The zero-order valence-corrected chi connectivity index (χ0v) is 14.3. The van der Waals surface area contributed by atoms with Gasteiger partial charge in [-0.15, -0.1) is 0 Å². The van der Waals surface area contributed by atoms with Gasteiger partial charge < -0.3 is 15.0 Å². The van der Waals surface area contributed by atoms with E-state index in [4.69, 9.17) is 12.2 Å². The van der Waals surface area contributed by atoms with Gasteiger partial charge >= 0.3 is 6.09 Å². The standard InChI is InChI=1S/C16H23N3O3S/c1-3-19(12-14(20)18-16(21)22-4-2)15(23)17-11-10-13-8-6-5-7-9-13/h5-9H,3-4,10-12H2,1-2H3,(H,17,23)(H,18,20,21). The van der Waals surface area contributed by atoms with E-state index < -0.39 is 12.0 Å². The molecule has 0 heterocycles. The van der Waals surface area contributed by atoms with Crippen molar-refractivity contribution in [3.05, 3.63) is 35.9 Å². The number of likely N-dealkylation sites (N-methyl/N-ethyl adjacent to an activating group) is 1. The van der Waals surface area contributed by atoms with Crippen LogP contribution in [-0.4, -0.2) is 48.3 Å². The summed E-state index contributed by atoms with van der Waals surface area (Å²) >= 11 is 5.29. The molecule has 0 fully saturated rings. The number of amides is 2. The first-order valence-electron chi connectivity index (χ1n) is 7.60. The number of rotatable bonds is 7. The third-order valence-corrected chi connectivity index (χ3v) is 3.46. The van der Waals surface area contributed by atoms with Crippen LogP contribution in [0.5, 0.6) is 0 Å². The van der Waals surface area contributed by atoms with Gasteiger partial charge in [0.2, 0.25) is 5.91 Å². The van der Waals surface area contributed by atoms with Crippen molar-refractivity contribution in [2.24, 2.45) is 0 Å². The lowest BCUT2D eigenvalue weighted by atomic mass is 10.1. The fourth-order valence-corrected chi connectivity index (χ4v) is 2.19. The zero-order chi connectivity index (χ0) is 17.1. The maximum atomic E-state index is 11.8. The molecule has 0 spiro atoms. The second-order valence-corrected chi connectivity index (χ2v) is 5.14. The van der Waals surface area contributed by atoms with Crippen molar-refractivity contribution in [3.8, 4) is 0 Å². The minimum Gasteiger partial charge on any atom is -0.450 e. The van der Waals surface area contributed by atoms with Crippen LogP contribution in [0.2, 0.25) is 0 Å². The number of carbonyl (C=O) groups is 2. The van der Waals surface area contributed by atoms with E-state index in [1.165, 1.54) is 5.56 Å². The highest BCUT2D eigenvalue weighted by Crippen LogP contribution is 1.99. The van der Waals surface area contributed by atoms with Crippen molar-refractivity contribution in [2.45, 2.75) is 20.3 Å². The van der Waals surface area contributed by atoms with Crippen molar-refractivity contribution in [1.29, 1.82) is 0 Å². The fourth-order valence-electron chi connectivity index (χ4n) is 1.89. The molecular formula is C16H23N3O3S. The summed E-state index contributed by atoms with van der Waals surface area (Å²) in [4.78, 5) is 24.6. The maximum absolute atomic E-state index is 11.8. The molecule has 126 valence electrons. The first-order chi connectivity index (χ1) is 11.1. The fraction of sp³-hybridized carbons (Fsp3) is 0.438. The van der Waals surface area contributed by atoms with Gasteiger partial charge in [-0.25, -0.2) is 4.79 Å². The van der Waals surface area contributed by atoms with Crippen LogP contribution in [0.15, 0.2) is 30.3 Å². The zero-order valence-electron chi connectivity index (χ0n) is 13.5. The van der Waals surface area contributed by atoms with E-state index >= 15 is 0 Å². The van der Waals surface area contributed by atoms with E-state index in [9.17, 15) is 9.59 Å². The van der Waals surface area contributed by atoms with Gasteiger partial charge in [-0.3, -0.25) is 10.1 Å². The highest BCUT2D eigenvalue weighted by molar-refractivity contribution is 7.80. The molecule has 0 aliphatic heterocycles. The Morgan fingerprint density at radius 1 is 1.22 bits per heavy atom. The van der Waals surface area contributed by atoms with Crippen molar-refractivity contribution in [1.82, 2.24) is 15.5 Å². The summed E-state index contributed by atoms with van der Waals surface area (Å²) in [6.07, 6.45) is 0.101. The highest BCUT2D eigenvalue weighted by atomic mass is 32.1. The molecule has 0 aromatic heterocycles. The van der Waals surface area contributed by atoms with Crippen LogP contribution >= 0.6 is 12.2 Å². The molecule has 7 heteroatoms. The van der Waals surface area contributed by atoms with Gasteiger partial charge in [0.25, 0.3) is 0 Å². The Bertz CT molecular complexity index is 523. The molecular weight excluding hydrogens is 314 g/mol. The predicted octanol–water partition coefficient (Wildman–Crippen LogP) is 1.70. The molecule has 1 aromatic carbocycles. The average molecular weight is 337 g/mol. The first kappa shape index (κ1) is 18.9. The minimum atomic E-state index is -0.739. The molecule has 6 nitrogen and oxygen atoms in total. The summed E-state index contributed by atoms with van der Waals surface area (Å²) in [7, 11) is 0. The van der Waals surface area contributed by atoms with Gasteiger partial charge in [-0.05, 0) is 38.0 Å². The van der Waals surface area contributed by atoms with Crippen LogP contribution in [0, 0.1) is 0 Å². The van der Waals surface area contributed by atoms with Crippen LogP contribution < -0.4 is 10.6 Å². The topological polar surface area (TPSA) is 70.7 Å². The number of ether oxygens (including phenoxy) is 1. The van der Waals surface area contributed by atoms with Crippen LogP contribution in [0.25, 0.3) is 0 Å². The molecule has 23 heavy (non-hydrogen) atoms. The molecule has 0 aliphatic rings. The smallest absolute Gasteiger partial charge is 0.413 e. The van der Waals surface area contributed by atoms with E-state index in [2.05, 4.69) is 27.5 Å². The molecule has 0 bridgehead atoms. The highest BCUT2D eigenvalue weighted by Gasteiger charge is 2.14. The predicted molar refractivity (Wildman–Crippen MR) is 93.2 cm³/mol. The maximum Gasteiger partial charge on any atom is 0.413 e. The Hall–Kier alpha value is -2.15. The lowest BCUT2D eigenvalue weighted by Crippen LogP contribution is -2.46. The van der Waals surface area contributed by atoms with Gasteiger partial charge in [0, 0.05) is 13.1 Å². The summed E-state index contributed by atoms with van der Waals surface area (Å²) in [6.45, 7) is 5.03. The second-order valence-electron chi connectivity index (χ2n) is 4.75. The lowest BCUT2D eigenvalue weighted by molar-refractivity contribution is -0.120. The van der Waals surface area contributed by atoms with Crippen LogP contribution in [-0.2, 0) is 16.0 Å². The monoisotopic (exact) mass is 337 g/mol. The largest absolute Gasteiger partial charge is 0.450 e. The van der Waals surface area contributed by atoms with E-state index in [0.717, 1.165) is 6.42 Å². The van der Waals surface area contributed by atoms with Gasteiger partial charge in [-0.1, -0.05) is 30.3 Å². The molecule has 1 aromatic rings. The van der Waals surface area contributed by atoms with Crippen molar-refractivity contribution in [2.75, 3.05) is 26.2 Å². The van der Waals surface area contributed by atoms with E-state index in [1.54, 1.807) is 11.8 Å². The number of hydrogen-bond acceptors (Lipinski definition) is 4. The number of carbonyl (C=O) groups excluding carboxylic acids is 2. The van der Waals surface area contributed by atoms with Gasteiger partial charge in [0.1, 0.15) is 0 Å². The van der Waals surface area contributed by atoms with Gasteiger partial charge in [0.15, 0.2) is 5.11 Å². The Labute approximate surface area is 142 Å². The number of thiocarbonyl (C=S) groups is 1. The number of benzene rings is 1. The Morgan fingerprint density at radius 3 is 2.52 bits per heavy atom. The SMILES string of the molecule is CCOC(=O)NC(=O)CN(CC)C(=S)NCCc1ccccc1. The molecule has 2 N–H and O–H groups in total. The number of nitrogens with one attached hydrogen (secondary N) is 2. The van der Waals surface area contributed by atoms with E-state index in [1.807, 2.05) is 25.1 Å². The molecule has 1 rings (SSSR count). The summed E-state index contributed by atoms with van der Waals surface area (Å²) in [5.41, 5.74) is 1.21. The van der Waals surface area contributed by atoms with E-state index in [-0.39, 0.29) is 13.2 Å². The third kappa shape index (κ3) is 7.60. The molecule has 0 unspecified atom stereocenters. The van der Waals surface area contributed by atoms with Crippen molar-refractivity contribution in [3.63, 3.8) is 0 Å². The first-order valence-corrected chi connectivity index (χ1v) is 8.01. The van der Waals surface area contributed by atoms with Crippen molar-refractivity contribution >= 4 is 29.3 Å². The van der Waals surface area contributed by atoms with E-state index in [0.29, 0.717) is 18.2 Å². The Kier molecular flexibility index (Phi) is 8.67. The lowest BCUT2D eigenvalue weighted by Gasteiger charge is -2.23. The average Bonchev–Trinajstić information content (AvgIpc) is 2.53. The molecule has 0 aliphatic carbocycles. The van der Waals surface area contributed by atoms with Crippen molar-refractivity contribution < 1.29 is 14.3 Å². The Balaban J connectivity index is 2.36. The summed E-state index contributed by atoms with van der Waals surface area (Å²) in [6, 6.07) is 10.1. The van der Waals surface area contributed by atoms with Gasteiger partial charge in [0.05, 0.1) is 13.2 Å². The van der Waals surface area contributed by atoms with Crippen LogP contribution in [0.4, 0.5) is 4.79 Å². The van der Waals surface area contributed by atoms with Gasteiger partial charge in [-0.2, -0.15) is 0 Å². The second kappa shape index (κ2) is 10.6. The minimum absolute atomic E-state index is 0.00643.